The molecule has 0 aromatic carbocycles. The van der Waals surface area contributed by atoms with E-state index in [1.807, 2.05) is 4.90 Å². The van der Waals surface area contributed by atoms with Crippen molar-refractivity contribution in [3.63, 3.8) is 0 Å². The highest BCUT2D eigenvalue weighted by molar-refractivity contribution is 6.25. The third-order valence-corrected chi connectivity index (χ3v) is 5.47. The number of amides is 1. The topological polar surface area (TPSA) is 147 Å². The Kier molecular flexibility index (Phi) is 2.89. The Balaban J connectivity index is 1.85. The van der Waals surface area contributed by atoms with Crippen LogP contribution in [0.3, 0.4) is 0 Å². The lowest BCUT2D eigenvalue weighted by Crippen LogP contribution is -2.55. The number of fused-ring (bicyclic) bond motifs is 4. The summed E-state index contributed by atoms with van der Waals surface area (Å²) in [6.07, 6.45) is -0.950. The van der Waals surface area contributed by atoms with E-state index in [1.54, 1.807) is 0 Å². The van der Waals surface area contributed by atoms with Crippen LogP contribution in [0.5, 0.6) is 0 Å². The number of nitrogens with zero attached hydrogens (tertiary/aromatic N) is 1. The van der Waals surface area contributed by atoms with Gasteiger partial charge in [-0.05, 0) is 6.92 Å². The van der Waals surface area contributed by atoms with Crippen molar-refractivity contribution >= 4 is 17.7 Å². The molecule has 1 amide bonds. The first-order valence-electron chi connectivity index (χ1n) is 7.65. The van der Waals surface area contributed by atoms with Gasteiger partial charge >= 0.3 is 6.09 Å². The maximum absolute atomic E-state index is 12.8. The van der Waals surface area contributed by atoms with Gasteiger partial charge in [0.1, 0.15) is 6.61 Å². The van der Waals surface area contributed by atoms with Crippen molar-refractivity contribution in [1.29, 1.82) is 0 Å². The molecule has 0 aromatic rings. The molecule has 9 heteroatoms. The summed E-state index contributed by atoms with van der Waals surface area (Å²) in [6, 6.07) is 0.109. The fraction of sp³-hybridized carbons (Fsp3) is 0.533. The van der Waals surface area contributed by atoms with Crippen LogP contribution in [-0.4, -0.2) is 60.6 Å². The molecule has 4 aliphatic rings. The highest BCUT2D eigenvalue weighted by Gasteiger charge is 2.72. The van der Waals surface area contributed by atoms with E-state index in [-0.39, 0.29) is 41.3 Å². The van der Waals surface area contributed by atoms with Crippen LogP contribution in [0.2, 0.25) is 0 Å². The molecule has 0 saturated carbocycles. The molecule has 0 bridgehead atoms. The summed E-state index contributed by atoms with van der Waals surface area (Å²) in [4.78, 5) is 38.4. The molecule has 0 spiro atoms. The fourth-order valence-corrected chi connectivity index (χ4v) is 4.31. The van der Waals surface area contributed by atoms with E-state index >= 15 is 0 Å². The number of Topliss-reactive ketones (excluding diaryl/α,β-unsaturated/α-hetero) is 2. The number of hydrogen-bond acceptors (Lipinski definition) is 8. The fourth-order valence-electron chi connectivity index (χ4n) is 4.31. The quantitative estimate of drug-likeness (QED) is 0.411. The Labute approximate surface area is 137 Å². The number of rotatable bonds is 3. The minimum atomic E-state index is -0.957. The SMILES string of the molecule is CO[C@@]12[C@H](COC(N)=O)C3=C(C(=O)C(C)=C(N)C3=O)N1CC1N[C@@H]12. The molecular formula is C15H18N4O5. The summed E-state index contributed by atoms with van der Waals surface area (Å²) in [5.74, 6) is -1.34. The van der Waals surface area contributed by atoms with Gasteiger partial charge in [-0.1, -0.05) is 0 Å². The maximum atomic E-state index is 12.8. The Morgan fingerprint density at radius 3 is 2.75 bits per heavy atom. The van der Waals surface area contributed by atoms with Gasteiger partial charge in [0.2, 0.25) is 11.6 Å². The third-order valence-electron chi connectivity index (χ3n) is 5.47. The van der Waals surface area contributed by atoms with Gasteiger partial charge in [-0.3, -0.25) is 9.59 Å². The minimum absolute atomic E-state index is 0.0586. The van der Waals surface area contributed by atoms with Crippen LogP contribution in [0.1, 0.15) is 6.92 Å². The minimum Gasteiger partial charge on any atom is -0.449 e. The lowest BCUT2D eigenvalue weighted by atomic mass is 9.82. The molecule has 5 N–H and O–H groups in total. The summed E-state index contributed by atoms with van der Waals surface area (Å²) in [5.41, 5.74) is 10.7. The number of hydrogen-bond donors (Lipinski definition) is 3. The smallest absolute Gasteiger partial charge is 0.404 e. The van der Waals surface area contributed by atoms with Gasteiger partial charge in [0.15, 0.2) is 5.72 Å². The van der Waals surface area contributed by atoms with Crippen molar-refractivity contribution in [1.82, 2.24) is 10.2 Å². The van der Waals surface area contributed by atoms with E-state index in [9.17, 15) is 14.4 Å². The Hall–Kier alpha value is -2.39. The van der Waals surface area contributed by atoms with Crippen molar-refractivity contribution in [2.24, 2.45) is 17.4 Å². The van der Waals surface area contributed by atoms with Gasteiger partial charge in [0.05, 0.1) is 23.4 Å². The van der Waals surface area contributed by atoms with Crippen molar-refractivity contribution in [3.05, 3.63) is 22.5 Å². The standard InChI is InChI=1S/C15H18N4O5/c1-5-9(16)12(21)8-6(4-24-14(17)22)15(23-2)13-7(18-13)3-19(15)10(8)11(5)20/h6-7,13,18H,3-4,16H2,1-2H3,(H2,17,22)/t6-,7?,13+,15-/m1/s1. The van der Waals surface area contributed by atoms with E-state index in [1.165, 1.54) is 14.0 Å². The van der Waals surface area contributed by atoms with Crippen LogP contribution < -0.4 is 16.8 Å². The van der Waals surface area contributed by atoms with Crippen LogP contribution in [0.15, 0.2) is 22.5 Å². The van der Waals surface area contributed by atoms with Crippen molar-refractivity contribution in [2.45, 2.75) is 24.7 Å². The van der Waals surface area contributed by atoms with Crippen LogP contribution in [0.25, 0.3) is 0 Å². The summed E-state index contributed by atoms with van der Waals surface area (Å²) in [5, 5.41) is 3.28. The van der Waals surface area contributed by atoms with Crippen LogP contribution in [0.4, 0.5) is 4.79 Å². The number of nitrogens with two attached hydrogens (primary N) is 2. The molecule has 128 valence electrons. The molecule has 2 fully saturated rings. The Morgan fingerprint density at radius 1 is 1.42 bits per heavy atom. The van der Waals surface area contributed by atoms with Gasteiger partial charge in [-0.15, -0.1) is 0 Å². The van der Waals surface area contributed by atoms with Gasteiger partial charge in [-0.2, -0.15) is 0 Å². The van der Waals surface area contributed by atoms with Gasteiger partial charge < -0.3 is 31.2 Å². The Morgan fingerprint density at radius 2 is 2.12 bits per heavy atom. The van der Waals surface area contributed by atoms with E-state index in [0.717, 1.165) is 0 Å². The van der Waals surface area contributed by atoms with Crippen LogP contribution >= 0.6 is 0 Å². The van der Waals surface area contributed by atoms with Gasteiger partial charge in [-0.25, -0.2) is 4.79 Å². The average molecular weight is 334 g/mol. The first-order valence-corrected chi connectivity index (χ1v) is 7.65. The molecule has 9 nitrogen and oxygen atoms in total. The number of ketones is 2. The summed E-state index contributed by atoms with van der Waals surface area (Å²) < 4.78 is 10.8. The van der Waals surface area contributed by atoms with E-state index < -0.39 is 23.5 Å². The number of ether oxygens (including phenoxy) is 2. The third kappa shape index (κ3) is 1.58. The number of methoxy groups -OCH3 is 1. The second-order valence-corrected chi connectivity index (χ2v) is 6.46. The molecule has 3 heterocycles. The summed E-state index contributed by atoms with van der Waals surface area (Å²) in [6.45, 7) is 1.92. The first kappa shape index (κ1) is 15.2. The lowest BCUT2D eigenvalue weighted by molar-refractivity contribution is -0.137. The highest BCUT2D eigenvalue weighted by atomic mass is 16.6. The van der Waals surface area contributed by atoms with Crippen LogP contribution in [0, 0.1) is 5.92 Å². The van der Waals surface area contributed by atoms with Crippen molar-refractivity contribution < 1.29 is 23.9 Å². The number of carbonyl (C=O) groups is 3. The molecule has 1 aliphatic carbocycles. The first-order chi connectivity index (χ1) is 11.3. The number of primary amides is 1. The molecule has 3 aliphatic heterocycles. The Bertz CT molecular complexity index is 757. The molecule has 0 aromatic heterocycles. The number of allylic oxidation sites excluding steroid dienone is 2. The molecule has 1 unspecified atom stereocenters. The zero-order valence-electron chi connectivity index (χ0n) is 13.3. The zero-order chi connectivity index (χ0) is 17.4. The van der Waals surface area contributed by atoms with Crippen LogP contribution in [-0.2, 0) is 19.1 Å². The van der Waals surface area contributed by atoms with Crippen molar-refractivity contribution in [2.75, 3.05) is 20.3 Å². The highest BCUT2D eigenvalue weighted by Crippen LogP contribution is 2.55. The predicted octanol–water partition coefficient (Wildman–Crippen LogP) is -1.65. The molecule has 4 atom stereocenters. The van der Waals surface area contributed by atoms with E-state index in [0.29, 0.717) is 12.2 Å². The molecule has 0 radical (unpaired) electrons. The van der Waals surface area contributed by atoms with E-state index in [2.05, 4.69) is 5.32 Å². The monoisotopic (exact) mass is 334 g/mol. The molecular weight excluding hydrogens is 316 g/mol. The second kappa shape index (κ2) is 4.58. The van der Waals surface area contributed by atoms with E-state index in [4.69, 9.17) is 20.9 Å². The summed E-state index contributed by atoms with van der Waals surface area (Å²) in [7, 11) is 1.52. The number of piperazine rings is 1. The maximum Gasteiger partial charge on any atom is 0.404 e. The van der Waals surface area contributed by atoms with Gasteiger partial charge in [0, 0.05) is 30.8 Å². The lowest BCUT2D eigenvalue weighted by Gasteiger charge is -2.39. The molecule has 24 heavy (non-hydrogen) atoms. The molecule has 2 saturated heterocycles. The van der Waals surface area contributed by atoms with Gasteiger partial charge in [0.25, 0.3) is 0 Å². The zero-order valence-corrected chi connectivity index (χ0v) is 13.3. The summed E-state index contributed by atoms with van der Waals surface area (Å²) >= 11 is 0. The second-order valence-electron chi connectivity index (χ2n) is 6.46. The number of carbonyl (C=O) groups excluding carboxylic acids is 3. The average Bonchev–Trinajstić information content (AvgIpc) is 3.16. The predicted molar refractivity (Wildman–Crippen MR) is 80.1 cm³/mol. The van der Waals surface area contributed by atoms with Crippen molar-refractivity contribution in [3.8, 4) is 0 Å². The number of nitrogens with one attached hydrogen (secondary N) is 1. The largest absolute Gasteiger partial charge is 0.449 e. The molecule has 4 rings (SSSR count). The normalized spacial score (nSPS) is 36.8.